The molecule has 2 aliphatic rings. The maximum Gasteiger partial charge on any atom is 0.329 e. The highest BCUT2D eigenvalue weighted by atomic mass is 79.9. The van der Waals surface area contributed by atoms with Crippen LogP contribution in [0.25, 0.3) is 6.08 Å². The van der Waals surface area contributed by atoms with E-state index in [1.807, 2.05) is 84.6 Å². The summed E-state index contributed by atoms with van der Waals surface area (Å²) in [6.45, 7) is 1.84. The van der Waals surface area contributed by atoms with E-state index in [4.69, 9.17) is 9.47 Å². The van der Waals surface area contributed by atoms with Crippen molar-refractivity contribution in [2.75, 3.05) is 37.6 Å². The fourth-order valence-electron chi connectivity index (χ4n) is 5.96. The molecule has 0 unspecified atom stereocenters. The summed E-state index contributed by atoms with van der Waals surface area (Å²) in [7, 11) is 5.45. The number of ether oxygens (including phenoxy) is 2. The van der Waals surface area contributed by atoms with Crippen LogP contribution in [0.5, 0.6) is 5.75 Å². The van der Waals surface area contributed by atoms with Crippen LogP contribution >= 0.6 is 15.9 Å². The molecule has 0 amide bonds. The van der Waals surface area contributed by atoms with Crippen LogP contribution in [0.2, 0.25) is 0 Å². The Morgan fingerprint density at radius 1 is 1.10 bits per heavy atom. The van der Waals surface area contributed by atoms with Crippen LogP contribution in [-0.4, -0.2) is 51.6 Å². The van der Waals surface area contributed by atoms with Gasteiger partial charge in [-0.2, -0.15) is 5.26 Å². The van der Waals surface area contributed by atoms with Gasteiger partial charge in [-0.05, 0) is 70.4 Å². The summed E-state index contributed by atoms with van der Waals surface area (Å²) in [6.07, 6.45) is 3.78. The molecule has 4 atom stereocenters. The van der Waals surface area contributed by atoms with Gasteiger partial charge in [0.15, 0.2) is 11.2 Å². The van der Waals surface area contributed by atoms with Gasteiger partial charge < -0.3 is 19.3 Å². The highest BCUT2D eigenvalue weighted by Gasteiger charge is 2.67. The van der Waals surface area contributed by atoms with E-state index < -0.39 is 29.4 Å². The minimum atomic E-state index is -1.68. The first-order chi connectivity index (χ1) is 19.3. The molecule has 40 heavy (non-hydrogen) atoms. The first-order valence-corrected chi connectivity index (χ1v) is 13.9. The van der Waals surface area contributed by atoms with Crippen LogP contribution < -0.4 is 14.5 Å². The lowest BCUT2D eigenvalue weighted by atomic mass is 9.68. The van der Waals surface area contributed by atoms with Gasteiger partial charge in [0.25, 0.3) is 0 Å². The number of Topliss-reactive ketones (excluding diaryl/α,β-unsaturated/α-hetero) is 1. The molecule has 2 aliphatic heterocycles. The largest absolute Gasteiger partial charge is 0.496 e. The third kappa shape index (κ3) is 4.25. The predicted octanol–water partition coefficient (Wildman–Crippen LogP) is 5.85. The molecule has 0 spiro atoms. The molecule has 3 aromatic carbocycles. The van der Waals surface area contributed by atoms with Gasteiger partial charge in [0.1, 0.15) is 11.8 Å². The Bertz CT molecular complexity index is 1530. The lowest BCUT2D eigenvalue weighted by Crippen LogP contribution is -2.47. The number of carbonyl (C=O) groups excluding carboxylic acids is 2. The smallest absolute Gasteiger partial charge is 0.329 e. The Kier molecular flexibility index (Phi) is 7.43. The van der Waals surface area contributed by atoms with Crippen molar-refractivity contribution >= 4 is 45.1 Å². The molecule has 0 aliphatic carbocycles. The fraction of sp³-hybridized carbons (Fsp3) is 0.281. The van der Waals surface area contributed by atoms with E-state index in [9.17, 15) is 14.9 Å². The summed E-state index contributed by atoms with van der Waals surface area (Å²) in [4.78, 5) is 32.4. The number of anilines is 2. The first-order valence-electron chi connectivity index (χ1n) is 13.1. The molecule has 0 bridgehead atoms. The number of hydrogen-bond donors (Lipinski definition) is 0. The topological polar surface area (TPSA) is 82.9 Å². The minimum Gasteiger partial charge on any atom is -0.496 e. The normalized spacial score (nSPS) is 22.6. The van der Waals surface area contributed by atoms with Gasteiger partial charge in [-0.15, -0.1) is 0 Å². The van der Waals surface area contributed by atoms with Gasteiger partial charge >= 0.3 is 5.97 Å². The monoisotopic (exact) mass is 599 g/mol. The molecule has 0 N–H and O–H groups in total. The molecule has 1 fully saturated rings. The van der Waals surface area contributed by atoms with Crippen molar-refractivity contribution < 1.29 is 19.1 Å². The van der Waals surface area contributed by atoms with Crippen molar-refractivity contribution in [2.45, 2.75) is 24.9 Å². The Morgan fingerprint density at radius 3 is 2.45 bits per heavy atom. The number of nitrogens with zero attached hydrogens (tertiary/aromatic N) is 3. The molecule has 0 saturated carbocycles. The second-order valence-electron chi connectivity index (χ2n) is 10.1. The zero-order valence-electron chi connectivity index (χ0n) is 22.8. The predicted molar refractivity (Wildman–Crippen MR) is 159 cm³/mol. The van der Waals surface area contributed by atoms with Crippen molar-refractivity contribution in [3.8, 4) is 11.8 Å². The van der Waals surface area contributed by atoms with Crippen molar-refractivity contribution in [2.24, 2.45) is 5.41 Å². The average molecular weight is 601 g/mol. The number of hydrogen-bond acceptors (Lipinski definition) is 7. The summed E-state index contributed by atoms with van der Waals surface area (Å²) in [6, 6.07) is 21.4. The Morgan fingerprint density at radius 2 is 1.82 bits per heavy atom. The number of halogens is 1. The van der Waals surface area contributed by atoms with Gasteiger partial charge in [-0.1, -0.05) is 42.5 Å². The van der Waals surface area contributed by atoms with Gasteiger partial charge in [-0.3, -0.25) is 9.59 Å². The molecule has 0 radical (unpaired) electrons. The quantitative estimate of drug-likeness (QED) is 0.249. The van der Waals surface area contributed by atoms with Crippen molar-refractivity contribution in [1.29, 1.82) is 5.26 Å². The van der Waals surface area contributed by atoms with Crippen LogP contribution in [0.3, 0.4) is 0 Å². The van der Waals surface area contributed by atoms with Crippen molar-refractivity contribution in [3.63, 3.8) is 0 Å². The number of carbonyl (C=O) groups is 2. The van der Waals surface area contributed by atoms with E-state index >= 15 is 0 Å². The lowest BCUT2D eigenvalue weighted by molar-refractivity contribution is -0.152. The van der Waals surface area contributed by atoms with E-state index in [1.54, 1.807) is 32.2 Å². The second kappa shape index (κ2) is 10.8. The molecule has 0 aromatic heterocycles. The Hall–Kier alpha value is -4.09. The number of ketones is 1. The molecule has 1 saturated heterocycles. The standard InChI is InChI=1S/C32H30BrN3O4/c1-5-40-31(38)32(19-34)27-17-13-20-8-6-7-9-25(20)36(27)29(28(32)21-10-14-23(15-11-21)35(2)3)30(37)22-12-16-26(39-4)24(33)18-22/h6-18,27-29H,5H2,1-4H3/t27-,28-,29-,32+/m1/s1. The van der Waals surface area contributed by atoms with Crippen LogP contribution in [0.4, 0.5) is 11.4 Å². The third-order valence-electron chi connectivity index (χ3n) is 7.82. The number of rotatable bonds is 7. The summed E-state index contributed by atoms with van der Waals surface area (Å²) in [5.74, 6) is -1.06. The van der Waals surface area contributed by atoms with E-state index in [0.29, 0.717) is 21.3 Å². The molecule has 2 heterocycles. The third-order valence-corrected chi connectivity index (χ3v) is 8.44. The number of nitriles is 1. The van der Waals surface area contributed by atoms with Crippen LogP contribution in [0, 0.1) is 16.7 Å². The van der Waals surface area contributed by atoms with E-state index in [1.165, 1.54) is 0 Å². The summed E-state index contributed by atoms with van der Waals surface area (Å²) >= 11 is 3.51. The SMILES string of the molecule is CCOC(=O)[C@]1(C#N)[C@H](c2ccc(N(C)C)cc2)[C@H](C(=O)c2ccc(OC)c(Br)c2)N2c3ccccc3C=C[C@@H]21. The lowest BCUT2D eigenvalue weighted by Gasteiger charge is -2.36. The number of fused-ring (bicyclic) bond motifs is 3. The zero-order valence-corrected chi connectivity index (χ0v) is 24.4. The number of benzene rings is 3. The highest BCUT2D eigenvalue weighted by molar-refractivity contribution is 9.10. The molecular weight excluding hydrogens is 570 g/mol. The molecule has 5 rings (SSSR count). The minimum absolute atomic E-state index is 0.117. The number of methoxy groups -OCH3 is 1. The van der Waals surface area contributed by atoms with Crippen LogP contribution in [-0.2, 0) is 9.53 Å². The molecule has 7 nitrogen and oxygen atoms in total. The van der Waals surface area contributed by atoms with Crippen LogP contribution in [0.15, 0.2) is 77.3 Å². The molecule has 3 aromatic rings. The van der Waals surface area contributed by atoms with E-state index in [0.717, 1.165) is 16.9 Å². The average Bonchev–Trinajstić information content (AvgIpc) is 3.28. The number of para-hydroxylation sites is 1. The van der Waals surface area contributed by atoms with E-state index in [-0.39, 0.29) is 12.4 Å². The van der Waals surface area contributed by atoms with Crippen molar-refractivity contribution in [1.82, 2.24) is 0 Å². The molecule has 8 heteroatoms. The van der Waals surface area contributed by atoms with Gasteiger partial charge in [0.2, 0.25) is 0 Å². The Labute approximate surface area is 242 Å². The Balaban J connectivity index is 1.78. The maximum absolute atomic E-state index is 14.6. The summed E-state index contributed by atoms with van der Waals surface area (Å²) in [5.41, 5.74) is 2.14. The number of esters is 1. The van der Waals surface area contributed by atoms with Gasteiger partial charge in [-0.25, -0.2) is 0 Å². The zero-order chi connectivity index (χ0) is 28.6. The molecule has 204 valence electrons. The van der Waals surface area contributed by atoms with Crippen molar-refractivity contribution in [3.05, 3.63) is 94.0 Å². The fourth-order valence-corrected chi connectivity index (χ4v) is 6.50. The summed E-state index contributed by atoms with van der Waals surface area (Å²) < 4.78 is 11.6. The second-order valence-corrected chi connectivity index (χ2v) is 10.9. The maximum atomic E-state index is 14.6. The van der Waals surface area contributed by atoms with E-state index in [2.05, 4.69) is 22.0 Å². The summed E-state index contributed by atoms with van der Waals surface area (Å²) in [5, 5.41) is 10.9. The van der Waals surface area contributed by atoms with Gasteiger partial charge in [0, 0.05) is 37.0 Å². The highest BCUT2D eigenvalue weighted by Crippen LogP contribution is 2.56. The van der Waals surface area contributed by atoms with Gasteiger partial charge in [0.05, 0.1) is 30.3 Å². The molecular formula is C32H30BrN3O4. The first kappa shape index (κ1) is 27.5. The van der Waals surface area contributed by atoms with Crippen LogP contribution in [0.1, 0.15) is 34.3 Å².